The minimum Gasteiger partial charge on any atom is -0.480 e. The van der Waals surface area contributed by atoms with Crippen LogP contribution in [0.4, 0.5) is 13.2 Å². The van der Waals surface area contributed by atoms with E-state index in [0.717, 1.165) is 19.3 Å². The molecule has 1 amide bonds. The summed E-state index contributed by atoms with van der Waals surface area (Å²) in [5, 5.41) is 8.69. The number of carbonyl (C=O) groups is 2. The van der Waals surface area contributed by atoms with Crippen LogP contribution in [0.25, 0.3) is 0 Å². The molecule has 0 aromatic carbocycles. The predicted octanol–water partition coefficient (Wildman–Crippen LogP) is 1.34. The summed E-state index contributed by atoms with van der Waals surface area (Å²) < 4.78 is 37.4. The molecule has 20 heavy (non-hydrogen) atoms. The highest BCUT2D eigenvalue weighted by atomic mass is 19.4. The van der Waals surface area contributed by atoms with Gasteiger partial charge in [0, 0.05) is 13.1 Å². The topological polar surface area (TPSA) is 60.9 Å². The normalized spacial score (nSPS) is 18.1. The van der Waals surface area contributed by atoms with Crippen molar-refractivity contribution < 1.29 is 27.9 Å². The molecular weight excluding hydrogens is 277 g/mol. The fourth-order valence-electron chi connectivity index (χ4n) is 2.27. The number of nitrogens with zero attached hydrogens (tertiary/aromatic N) is 2. The predicted molar refractivity (Wildman–Crippen MR) is 65.2 cm³/mol. The van der Waals surface area contributed by atoms with Crippen molar-refractivity contribution >= 4 is 11.9 Å². The first-order valence-electron chi connectivity index (χ1n) is 6.52. The van der Waals surface area contributed by atoms with Crippen molar-refractivity contribution in [2.24, 2.45) is 0 Å². The number of carboxylic acids is 1. The molecule has 0 aliphatic carbocycles. The Kier molecular flexibility index (Phi) is 5.79. The van der Waals surface area contributed by atoms with E-state index in [1.807, 2.05) is 0 Å². The fraction of sp³-hybridized carbons (Fsp3) is 0.833. The van der Waals surface area contributed by atoms with Crippen LogP contribution < -0.4 is 0 Å². The van der Waals surface area contributed by atoms with Crippen LogP contribution in [0.3, 0.4) is 0 Å². The summed E-state index contributed by atoms with van der Waals surface area (Å²) in [6, 6.07) is -1.09. The van der Waals surface area contributed by atoms with Gasteiger partial charge in [-0.2, -0.15) is 13.2 Å². The molecule has 0 radical (unpaired) electrons. The number of aliphatic carboxylic acids is 1. The van der Waals surface area contributed by atoms with Crippen LogP contribution in [0, 0.1) is 0 Å². The summed E-state index contributed by atoms with van der Waals surface area (Å²) in [6.07, 6.45) is -1.88. The second-order valence-electron chi connectivity index (χ2n) is 4.98. The Morgan fingerprint density at radius 3 is 2.25 bits per heavy atom. The number of carboxylic acid groups (broad SMARTS) is 1. The zero-order chi connectivity index (χ0) is 15.3. The van der Waals surface area contributed by atoms with Crippen LogP contribution in [0.15, 0.2) is 0 Å². The molecule has 8 heteroatoms. The van der Waals surface area contributed by atoms with Gasteiger partial charge in [-0.15, -0.1) is 0 Å². The molecule has 1 rings (SSSR count). The van der Waals surface area contributed by atoms with E-state index < -0.39 is 37.2 Å². The average molecular weight is 296 g/mol. The van der Waals surface area contributed by atoms with Crippen LogP contribution in [-0.2, 0) is 9.59 Å². The Balaban J connectivity index is 2.72. The molecule has 1 unspecified atom stereocenters. The number of amides is 1. The first-order valence-corrected chi connectivity index (χ1v) is 6.52. The summed E-state index contributed by atoms with van der Waals surface area (Å²) >= 11 is 0. The van der Waals surface area contributed by atoms with Gasteiger partial charge in [0.1, 0.15) is 0 Å². The van der Waals surface area contributed by atoms with Gasteiger partial charge in [-0.05, 0) is 26.2 Å². The van der Waals surface area contributed by atoms with Crippen molar-refractivity contribution in [1.82, 2.24) is 9.80 Å². The smallest absolute Gasteiger partial charge is 0.401 e. The summed E-state index contributed by atoms with van der Waals surface area (Å²) in [4.78, 5) is 25.0. The molecule has 1 atom stereocenters. The third-order valence-electron chi connectivity index (χ3n) is 3.29. The molecule has 116 valence electrons. The van der Waals surface area contributed by atoms with E-state index >= 15 is 0 Å². The van der Waals surface area contributed by atoms with E-state index in [-0.39, 0.29) is 0 Å². The van der Waals surface area contributed by atoms with Crippen LogP contribution >= 0.6 is 0 Å². The first kappa shape index (κ1) is 16.7. The molecular formula is C12H19F3N2O3. The van der Waals surface area contributed by atoms with Crippen molar-refractivity contribution in [3.05, 3.63) is 0 Å². The maximum atomic E-state index is 12.5. The molecule has 1 heterocycles. The van der Waals surface area contributed by atoms with E-state index in [1.165, 1.54) is 11.8 Å². The molecule has 1 fully saturated rings. The molecule has 1 N–H and O–H groups in total. The number of hydrogen-bond acceptors (Lipinski definition) is 3. The number of rotatable bonds is 5. The Morgan fingerprint density at radius 1 is 1.25 bits per heavy atom. The van der Waals surface area contributed by atoms with Crippen LogP contribution in [0.1, 0.15) is 26.2 Å². The van der Waals surface area contributed by atoms with E-state index in [0.29, 0.717) is 18.0 Å². The maximum Gasteiger partial charge on any atom is 0.401 e. The second-order valence-corrected chi connectivity index (χ2v) is 4.98. The lowest BCUT2D eigenvalue weighted by Crippen LogP contribution is -2.52. The molecule has 0 aromatic heterocycles. The van der Waals surface area contributed by atoms with Crippen molar-refractivity contribution in [2.75, 3.05) is 26.2 Å². The van der Waals surface area contributed by atoms with Crippen molar-refractivity contribution in [1.29, 1.82) is 0 Å². The average Bonchev–Trinajstić information content (AvgIpc) is 2.35. The quantitative estimate of drug-likeness (QED) is 0.831. The van der Waals surface area contributed by atoms with Gasteiger partial charge >= 0.3 is 12.1 Å². The van der Waals surface area contributed by atoms with E-state index in [4.69, 9.17) is 5.11 Å². The largest absolute Gasteiger partial charge is 0.480 e. The minimum absolute atomic E-state index is 0.435. The van der Waals surface area contributed by atoms with Gasteiger partial charge in [0.2, 0.25) is 5.91 Å². The molecule has 0 aromatic rings. The van der Waals surface area contributed by atoms with Crippen molar-refractivity contribution in [3.8, 4) is 0 Å². The standard InChI is InChI=1S/C12H19F3N2O3/c1-9(11(20)16-5-3-2-4-6-16)17(7-10(18)19)8-12(13,14)15/h9H,2-8H2,1H3,(H,18,19). The summed E-state index contributed by atoms with van der Waals surface area (Å²) in [5.74, 6) is -1.82. The Bertz CT molecular complexity index is 354. The van der Waals surface area contributed by atoms with Gasteiger partial charge in [0.25, 0.3) is 0 Å². The Hall–Kier alpha value is -1.31. The highest BCUT2D eigenvalue weighted by Crippen LogP contribution is 2.19. The maximum absolute atomic E-state index is 12.5. The van der Waals surface area contributed by atoms with Gasteiger partial charge < -0.3 is 10.0 Å². The molecule has 1 saturated heterocycles. The molecule has 0 bridgehead atoms. The van der Waals surface area contributed by atoms with E-state index in [2.05, 4.69) is 0 Å². The minimum atomic E-state index is -4.54. The van der Waals surface area contributed by atoms with E-state index in [9.17, 15) is 22.8 Å². The number of carbonyl (C=O) groups excluding carboxylic acids is 1. The first-order chi connectivity index (χ1) is 9.20. The molecule has 1 aliphatic rings. The third-order valence-corrected chi connectivity index (χ3v) is 3.29. The van der Waals surface area contributed by atoms with Gasteiger partial charge in [0.05, 0.1) is 19.1 Å². The fourth-order valence-corrected chi connectivity index (χ4v) is 2.27. The van der Waals surface area contributed by atoms with Gasteiger partial charge in [-0.1, -0.05) is 0 Å². The molecule has 0 saturated carbocycles. The molecule has 1 aliphatic heterocycles. The Morgan fingerprint density at radius 2 is 1.80 bits per heavy atom. The van der Waals surface area contributed by atoms with Crippen molar-refractivity contribution in [3.63, 3.8) is 0 Å². The molecule has 5 nitrogen and oxygen atoms in total. The SMILES string of the molecule is CC(C(=O)N1CCCCC1)N(CC(=O)O)CC(F)(F)F. The lowest BCUT2D eigenvalue weighted by molar-refractivity contribution is -0.162. The second kappa shape index (κ2) is 6.92. The summed E-state index contributed by atoms with van der Waals surface area (Å²) in [6.45, 7) is 0.165. The number of hydrogen-bond donors (Lipinski definition) is 1. The van der Waals surface area contributed by atoms with E-state index in [1.54, 1.807) is 0 Å². The van der Waals surface area contributed by atoms with Crippen LogP contribution in [0.2, 0.25) is 0 Å². The number of piperidine rings is 1. The van der Waals surface area contributed by atoms with Gasteiger partial charge in [-0.25, -0.2) is 0 Å². The zero-order valence-corrected chi connectivity index (χ0v) is 11.3. The lowest BCUT2D eigenvalue weighted by atomic mass is 10.1. The monoisotopic (exact) mass is 296 g/mol. The highest BCUT2D eigenvalue weighted by Gasteiger charge is 2.36. The lowest BCUT2D eigenvalue weighted by Gasteiger charge is -2.34. The van der Waals surface area contributed by atoms with Gasteiger partial charge in [0.15, 0.2) is 0 Å². The third kappa shape index (κ3) is 5.36. The number of alkyl halides is 3. The number of likely N-dealkylation sites (tertiary alicyclic amines) is 1. The Labute approximate surface area is 115 Å². The summed E-state index contributed by atoms with van der Waals surface area (Å²) in [5.41, 5.74) is 0. The van der Waals surface area contributed by atoms with Gasteiger partial charge in [-0.3, -0.25) is 14.5 Å². The zero-order valence-electron chi connectivity index (χ0n) is 11.3. The van der Waals surface area contributed by atoms with Crippen molar-refractivity contribution in [2.45, 2.75) is 38.4 Å². The highest BCUT2D eigenvalue weighted by molar-refractivity contribution is 5.82. The number of halogens is 3. The van der Waals surface area contributed by atoms with Crippen LogP contribution in [0.5, 0.6) is 0 Å². The van der Waals surface area contributed by atoms with Crippen LogP contribution in [-0.4, -0.2) is 65.2 Å². The molecule has 0 spiro atoms. The summed E-state index contributed by atoms with van der Waals surface area (Å²) in [7, 11) is 0.